The second-order valence-electron chi connectivity index (χ2n) is 22.2. The fourth-order valence-electron chi connectivity index (χ4n) is 11.8. The molecule has 10 aromatic carbocycles. The summed E-state index contributed by atoms with van der Waals surface area (Å²) < 4.78 is 13.1. The van der Waals surface area contributed by atoms with E-state index in [4.69, 9.17) is 8.83 Å². The maximum Gasteiger partial charge on any atom is 0.252 e. The van der Waals surface area contributed by atoms with Crippen LogP contribution in [0.5, 0.6) is 0 Å². The minimum Gasteiger partial charge on any atom is -0.456 e. The van der Waals surface area contributed by atoms with Crippen molar-refractivity contribution in [3.05, 3.63) is 230 Å². The molecule has 0 spiro atoms. The molecule has 0 radical (unpaired) electrons. The molecule has 4 heterocycles. The van der Waals surface area contributed by atoms with Gasteiger partial charge in [-0.15, -0.1) is 0 Å². The third-order valence-electron chi connectivity index (χ3n) is 15.5. The first-order chi connectivity index (χ1) is 35.9. The zero-order chi connectivity index (χ0) is 50.0. The van der Waals surface area contributed by atoms with Crippen LogP contribution in [0.1, 0.15) is 52.7 Å². The average Bonchev–Trinajstić information content (AvgIpc) is 3.98. The molecule has 0 bridgehead atoms. The second kappa shape index (κ2) is 16.4. The third-order valence-corrected chi connectivity index (χ3v) is 15.5. The number of hydrogen-bond acceptors (Lipinski definition) is 5. The van der Waals surface area contributed by atoms with E-state index < -0.39 is 0 Å². The average molecular weight is 956 g/mol. The Morgan fingerprint density at radius 2 is 0.851 bits per heavy atom. The van der Waals surface area contributed by atoms with Gasteiger partial charge in [-0.1, -0.05) is 157 Å². The van der Waals surface area contributed by atoms with Crippen LogP contribution in [-0.2, 0) is 10.8 Å². The molecule has 12 aromatic rings. The summed E-state index contributed by atoms with van der Waals surface area (Å²) in [7, 11) is 0. The van der Waals surface area contributed by atoms with Crippen molar-refractivity contribution >= 4 is 118 Å². The van der Waals surface area contributed by atoms with Crippen LogP contribution in [0.15, 0.2) is 227 Å². The topological polar surface area (TPSA) is 36.0 Å². The number of hydrogen-bond donors (Lipinski definition) is 0. The smallest absolute Gasteiger partial charge is 0.252 e. The molecule has 2 aliphatic rings. The van der Waals surface area contributed by atoms with Crippen LogP contribution in [0.25, 0.3) is 55.0 Å². The summed E-state index contributed by atoms with van der Waals surface area (Å²) in [5.41, 5.74) is 21.9. The minimum atomic E-state index is -0.0967. The lowest BCUT2D eigenvalue weighted by Crippen LogP contribution is -2.61. The molecule has 2 aliphatic heterocycles. The summed E-state index contributed by atoms with van der Waals surface area (Å²) in [6.07, 6.45) is 0. The SMILES string of the molecule is CC(C)(C)c1ccc2c(c1)B1c3ccc(C(C)(C)C)cc3N(c3ccc(-c4ccc5c(c4)oc4ccccc45)cc3)c3cc(N(c4ccccc4)c4ccccc4)cc(c31)N2c1ccc2c(c1)oc1ccccc12. The van der Waals surface area contributed by atoms with Gasteiger partial charge in [0.15, 0.2) is 0 Å². The molecule has 0 saturated heterocycles. The van der Waals surface area contributed by atoms with Crippen LogP contribution < -0.4 is 31.1 Å². The van der Waals surface area contributed by atoms with Gasteiger partial charge in [-0.05, 0) is 147 Å². The van der Waals surface area contributed by atoms with E-state index >= 15 is 0 Å². The van der Waals surface area contributed by atoms with Crippen molar-refractivity contribution in [3.63, 3.8) is 0 Å². The molecular weight excluding hydrogens is 902 g/mol. The van der Waals surface area contributed by atoms with Crippen molar-refractivity contribution in [3.8, 4) is 11.1 Å². The van der Waals surface area contributed by atoms with Gasteiger partial charge >= 0.3 is 0 Å². The van der Waals surface area contributed by atoms with E-state index in [1.807, 2.05) is 18.2 Å². The Kier molecular flexibility index (Phi) is 9.75. The summed E-state index contributed by atoms with van der Waals surface area (Å²) in [5, 5.41) is 4.48. The number of benzene rings is 10. The molecular formula is C68H54BN3O2. The Morgan fingerprint density at radius 3 is 1.47 bits per heavy atom. The van der Waals surface area contributed by atoms with Crippen molar-refractivity contribution in [2.75, 3.05) is 14.7 Å². The van der Waals surface area contributed by atoms with Gasteiger partial charge in [0.05, 0.1) is 5.69 Å². The molecule has 6 heteroatoms. The fraction of sp³-hybridized carbons (Fsp3) is 0.118. The maximum atomic E-state index is 6.67. The molecule has 0 saturated carbocycles. The first-order valence-electron chi connectivity index (χ1n) is 25.8. The third kappa shape index (κ3) is 6.99. The number of anilines is 9. The summed E-state index contributed by atoms with van der Waals surface area (Å²) >= 11 is 0. The zero-order valence-electron chi connectivity index (χ0n) is 42.5. The lowest BCUT2D eigenvalue weighted by Gasteiger charge is -2.45. The Hall–Kier alpha value is -8.74. The quantitative estimate of drug-likeness (QED) is 0.155. The first kappa shape index (κ1) is 44.0. The Balaban J connectivity index is 1.05. The van der Waals surface area contributed by atoms with E-state index in [1.165, 1.54) is 33.2 Å². The van der Waals surface area contributed by atoms with Crippen LogP contribution in [0.2, 0.25) is 0 Å². The monoisotopic (exact) mass is 955 g/mol. The van der Waals surface area contributed by atoms with Gasteiger partial charge in [0.25, 0.3) is 6.71 Å². The lowest BCUT2D eigenvalue weighted by atomic mass is 9.33. The highest BCUT2D eigenvalue weighted by Gasteiger charge is 2.45. The number of furan rings is 2. The molecule has 2 aromatic heterocycles. The van der Waals surface area contributed by atoms with Crippen LogP contribution in [0, 0.1) is 0 Å². The van der Waals surface area contributed by atoms with E-state index in [1.54, 1.807) is 0 Å². The molecule has 0 fully saturated rings. The van der Waals surface area contributed by atoms with Gasteiger partial charge < -0.3 is 23.5 Å². The van der Waals surface area contributed by atoms with Crippen molar-refractivity contribution < 1.29 is 8.83 Å². The number of rotatable bonds is 6. The molecule has 0 unspecified atom stereocenters. The van der Waals surface area contributed by atoms with Crippen LogP contribution >= 0.6 is 0 Å². The summed E-state index contributed by atoms with van der Waals surface area (Å²) in [5.74, 6) is 0. The molecule has 74 heavy (non-hydrogen) atoms. The molecule has 5 nitrogen and oxygen atoms in total. The van der Waals surface area contributed by atoms with Gasteiger partial charge in [0.2, 0.25) is 0 Å². The summed E-state index contributed by atoms with van der Waals surface area (Å²) in [4.78, 5) is 7.45. The number of fused-ring (bicyclic) bond motifs is 10. The maximum absolute atomic E-state index is 6.67. The number of para-hydroxylation sites is 4. The van der Waals surface area contributed by atoms with Crippen molar-refractivity contribution in [2.45, 2.75) is 52.4 Å². The van der Waals surface area contributed by atoms with Crippen LogP contribution in [0.4, 0.5) is 51.2 Å². The highest BCUT2D eigenvalue weighted by atomic mass is 16.3. The predicted octanol–water partition coefficient (Wildman–Crippen LogP) is 17.3. The molecule has 0 atom stereocenters. The molecule has 0 aliphatic carbocycles. The Labute approximate surface area is 432 Å². The van der Waals surface area contributed by atoms with Crippen LogP contribution in [-0.4, -0.2) is 6.71 Å². The highest BCUT2D eigenvalue weighted by molar-refractivity contribution is 7.00. The second-order valence-corrected chi connectivity index (χ2v) is 22.2. The summed E-state index contributed by atoms with van der Waals surface area (Å²) in [6, 6.07) is 80.1. The highest BCUT2D eigenvalue weighted by Crippen LogP contribution is 2.50. The van der Waals surface area contributed by atoms with Gasteiger partial charge in [-0.2, -0.15) is 0 Å². The Morgan fingerprint density at radius 1 is 0.351 bits per heavy atom. The summed E-state index contributed by atoms with van der Waals surface area (Å²) in [6.45, 7) is 13.8. The van der Waals surface area contributed by atoms with Gasteiger partial charge in [-0.25, -0.2) is 0 Å². The molecule has 14 rings (SSSR count). The van der Waals surface area contributed by atoms with Gasteiger partial charge in [0, 0.05) is 73.1 Å². The molecule has 356 valence electrons. The fourth-order valence-corrected chi connectivity index (χ4v) is 11.8. The first-order valence-corrected chi connectivity index (χ1v) is 25.8. The van der Waals surface area contributed by atoms with Crippen molar-refractivity contribution in [2.24, 2.45) is 0 Å². The normalized spacial score (nSPS) is 13.2. The number of nitrogens with zero attached hydrogens (tertiary/aromatic N) is 3. The van der Waals surface area contributed by atoms with E-state index in [0.29, 0.717) is 0 Å². The van der Waals surface area contributed by atoms with Gasteiger partial charge in [-0.3, -0.25) is 0 Å². The van der Waals surface area contributed by atoms with E-state index in [0.717, 1.165) is 101 Å². The van der Waals surface area contributed by atoms with E-state index in [9.17, 15) is 0 Å². The van der Waals surface area contributed by atoms with E-state index in [-0.39, 0.29) is 17.5 Å². The van der Waals surface area contributed by atoms with Gasteiger partial charge in [0.1, 0.15) is 22.3 Å². The molecule has 0 amide bonds. The zero-order valence-corrected chi connectivity index (χ0v) is 42.5. The Bertz CT molecular complexity index is 4140. The largest absolute Gasteiger partial charge is 0.456 e. The standard InChI is InChI=1S/C68H54BN3O2/c1-67(2,3)45-29-36-58-57(38-45)69-56-35-28-46(68(4,5)6)39-59(56)71(49-30-25-43(26-31-49)44-27-33-54-52-21-13-15-23-62(52)73-64(54)37-44)60-40-51(70(47-17-9-7-10-18-47)48-19-11-8-12-20-48)41-61(66(60)69)72(58)50-32-34-55-53-22-14-16-24-63(53)74-65(55)42-50/h7-42H,1-6H3. The minimum absolute atomic E-state index is 0.0745. The van der Waals surface area contributed by atoms with Crippen molar-refractivity contribution in [1.82, 2.24) is 0 Å². The molecule has 0 N–H and O–H groups in total. The van der Waals surface area contributed by atoms with Crippen LogP contribution in [0.3, 0.4) is 0 Å². The van der Waals surface area contributed by atoms with Crippen molar-refractivity contribution in [1.29, 1.82) is 0 Å². The predicted molar refractivity (Wildman–Crippen MR) is 313 cm³/mol. The van der Waals surface area contributed by atoms with E-state index in [2.05, 4.69) is 256 Å². The lowest BCUT2D eigenvalue weighted by molar-refractivity contribution is 0.590.